The van der Waals surface area contributed by atoms with Gasteiger partial charge in [-0.1, -0.05) is 168 Å². The molecule has 0 bridgehead atoms. The quantitative estimate of drug-likeness (QED) is 0.0177. The zero-order valence-electron chi connectivity index (χ0n) is 36.0. The number of carbonyl (C=O) groups excluding carboxylic acids is 2. The molecule has 0 amide bonds. The highest BCUT2D eigenvalue weighted by molar-refractivity contribution is 7.47. The molecule has 7 N–H and O–H groups in total. The Hall–Kier alpha value is -1.00. The minimum atomic E-state index is -5.35. The molecule has 16 nitrogen and oxygen atoms in total. The maximum Gasteiger partial charge on any atom is 0.472 e. The molecule has 0 aromatic heterocycles. The molecular weight excluding hydrogens is 810 g/mol. The topological polar surface area (TPSA) is 256 Å². The number of carbonyl (C=O) groups is 2. The average Bonchev–Trinajstić information content (AvgIpc) is 3.18. The lowest BCUT2D eigenvalue weighted by molar-refractivity contribution is -0.216. The smallest absolute Gasteiger partial charge is 0.462 e. The molecule has 59 heavy (non-hydrogen) atoms. The number of unbranched alkanes of at least 4 members (excludes halogenated alkanes) is 24. The van der Waals surface area contributed by atoms with Gasteiger partial charge in [-0.15, -0.1) is 0 Å². The van der Waals surface area contributed by atoms with Gasteiger partial charge in [0.15, 0.2) is 6.10 Å². The summed E-state index contributed by atoms with van der Waals surface area (Å²) in [6.45, 7) is 3.11. The van der Waals surface area contributed by atoms with E-state index in [1.54, 1.807) is 0 Å². The Morgan fingerprint density at radius 3 is 1.22 bits per heavy atom. The molecule has 18 heteroatoms. The van der Waals surface area contributed by atoms with Gasteiger partial charge in [0.05, 0.1) is 6.61 Å². The van der Waals surface area contributed by atoms with Crippen LogP contribution in [0.15, 0.2) is 0 Å². The first-order valence-corrected chi connectivity index (χ1v) is 25.6. The van der Waals surface area contributed by atoms with E-state index in [0.717, 1.165) is 51.4 Å². The van der Waals surface area contributed by atoms with Gasteiger partial charge in [0.2, 0.25) is 0 Å². The van der Waals surface area contributed by atoms with E-state index < -0.39 is 83.5 Å². The number of aliphatic hydroxyl groups excluding tert-OH is 4. The minimum Gasteiger partial charge on any atom is -0.462 e. The highest BCUT2D eigenvalue weighted by atomic mass is 31.2. The van der Waals surface area contributed by atoms with Gasteiger partial charge in [-0.3, -0.25) is 23.2 Å². The molecule has 1 aliphatic rings. The first kappa shape index (κ1) is 56.0. The number of hydrogen-bond donors (Lipinski definition) is 7. The Morgan fingerprint density at radius 1 is 0.475 bits per heavy atom. The van der Waals surface area contributed by atoms with Crippen LogP contribution in [0, 0.1) is 0 Å². The van der Waals surface area contributed by atoms with Gasteiger partial charge in [0.25, 0.3) is 0 Å². The van der Waals surface area contributed by atoms with Gasteiger partial charge in [-0.25, -0.2) is 9.13 Å². The van der Waals surface area contributed by atoms with Crippen LogP contribution < -0.4 is 0 Å². The number of ether oxygens (including phenoxy) is 2. The molecule has 1 fully saturated rings. The van der Waals surface area contributed by atoms with Crippen molar-refractivity contribution < 1.29 is 76.9 Å². The maximum absolute atomic E-state index is 12.9. The Balaban J connectivity index is 2.61. The molecule has 0 radical (unpaired) electrons. The average molecular weight is 891 g/mol. The lowest BCUT2D eigenvalue weighted by atomic mass is 9.85. The number of hydrogen-bond acceptors (Lipinski definition) is 13. The van der Waals surface area contributed by atoms with Gasteiger partial charge in [0, 0.05) is 12.8 Å². The number of phosphoric ester groups is 2. The van der Waals surface area contributed by atoms with Crippen molar-refractivity contribution in [2.75, 3.05) is 13.2 Å². The predicted molar refractivity (Wildman–Crippen MR) is 223 cm³/mol. The van der Waals surface area contributed by atoms with Crippen molar-refractivity contribution in [3.05, 3.63) is 0 Å². The monoisotopic (exact) mass is 890 g/mol. The number of phosphoric acid groups is 2. The first-order valence-electron chi connectivity index (χ1n) is 22.6. The highest BCUT2D eigenvalue weighted by Crippen LogP contribution is 2.49. The molecule has 0 saturated heterocycles. The highest BCUT2D eigenvalue weighted by Gasteiger charge is 2.54. The van der Waals surface area contributed by atoms with Crippen molar-refractivity contribution in [2.24, 2.45) is 0 Å². The second-order valence-electron chi connectivity index (χ2n) is 16.1. The molecule has 0 aromatic carbocycles. The van der Waals surface area contributed by atoms with E-state index in [1.165, 1.54) is 103 Å². The second kappa shape index (κ2) is 33.5. The van der Waals surface area contributed by atoms with E-state index >= 15 is 0 Å². The number of rotatable bonds is 38. The lowest BCUT2D eigenvalue weighted by Gasteiger charge is -2.43. The fraction of sp³-hybridized carbons (Fsp3) is 0.951. The summed E-state index contributed by atoms with van der Waals surface area (Å²) in [6.07, 6.45) is 15.0. The molecule has 0 heterocycles. The van der Waals surface area contributed by atoms with E-state index in [4.69, 9.17) is 28.3 Å². The summed E-state index contributed by atoms with van der Waals surface area (Å²) in [5, 5.41) is 41.1. The zero-order valence-corrected chi connectivity index (χ0v) is 37.7. The predicted octanol–water partition coefficient (Wildman–Crippen LogP) is 7.84. The van der Waals surface area contributed by atoms with Gasteiger partial charge in [-0.2, -0.15) is 0 Å². The zero-order chi connectivity index (χ0) is 43.9. The SMILES string of the molecule is CCCCCCCCCCCCCCCC(=O)OC[C@H](COP(=O)(O)O[C@@H]1[C@@H](O)[C@H](OP(=O)(O)O)[C@@H](O)[C@H](O)[C@@H]1O)OC(=O)CCCCCCCCCCCCCCC. The third-order valence-corrected chi connectivity index (χ3v) is 12.2. The molecule has 1 saturated carbocycles. The molecule has 1 unspecified atom stereocenters. The van der Waals surface area contributed by atoms with Crippen molar-refractivity contribution in [2.45, 2.75) is 236 Å². The Labute approximate surface area is 353 Å². The van der Waals surface area contributed by atoms with Crippen molar-refractivity contribution in [3.63, 3.8) is 0 Å². The number of esters is 2. The first-order chi connectivity index (χ1) is 28.1. The van der Waals surface area contributed by atoms with Crippen LogP contribution in [-0.2, 0) is 41.8 Å². The fourth-order valence-electron chi connectivity index (χ4n) is 7.14. The summed E-state index contributed by atoms with van der Waals surface area (Å²) in [7, 11) is -10.6. The van der Waals surface area contributed by atoms with Crippen molar-refractivity contribution >= 4 is 27.6 Å². The van der Waals surface area contributed by atoms with Crippen LogP contribution in [0.1, 0.15) is 194 Å². The molecule has 0 aliphatic heterocycles. The van der Waals surface area contributed by atoms with E-state index in [1.807, 2.05) is 0 Å². The van der Waals surface area contributed by atoms with Crippen LogP contribution in [0.3, 0.4) is 0 Å². The van der Waals surface area contributed by atoms with E-state index in [0.29, 0.717) is 12.8 Å². The van der Waals surface area contributed by atoms with E-state index in [9.17, 15) is 44.0 Å². The summed E-state index contributed by atoms with van der Waals surface area (Å²) < 4.78 is 49.3. The van der Waals surface area contributed by atoms with E-state index in [2.05, 4.69) is 18.4 Å². The molecule has 350 valence electrons. The summed E-state index contributed by atoms with van der Waals surface area (Å²) in [5.41, 5.74) is 0. The summed E-state index contributed by atoms with van der Waals surface area (Å²) >= 11 is 0. The molecule has 0 spiro atoms. The molecule has 1 aliphatic carbocycles. The summed E-state index contributed by atoms with van der Waals surface area (Å²) in [5.74, 6) is -1.19. The molecule has 0 aromatic rings. The third-order valence-electron chi connectivity index (χ3n) is 10.7. The van der Waals surface area contributed by atoms with E-state index in [-0.39, 0.29) is 12.8 Å². The van der Waals surface area contributed by atoms with Gasteiger partial charge in [-0.05, 0) is 12.8 Å². The Bertz CT molecular complexity index is 1170. The van der Waals surface area contributed by atoms with Crippen molar-refractivity contribution in [1.82, 2.24) is 0 Å². The van der Waals surface area contributed by atoms with Crippen LogP contribution in [0.4, 0.5) is 0 Å². The van der Waals surface area contributed by atoms with Crippen LogP contribution in [-0.4, -0.2) is 103 Å². The van der Waals surface area contributed by atoms with Crippen LogP contribution >= 0.6 is 15.6 Å². The Kier molecular flexibility index (Phi) is 31.8. The van der Waals surface area contributed by atoms with Gasteiger partial charge >= 0.3 is 27.6 Å². The third kappa shape index (κ3) is 28.3. The minimum absolute atomic E-state index is 0.0517. The van der Waals surface area contributed by atoms with Crippen LogP contribution in [0.25, 0.3) is 0 Å². The number of aliphatic hydroxyl groups is 4. The Morgan fingerprint density at radius 2 is 0.831 bits per heavy atom. The molecule has 8 atom stereocenters. The summed E-state index contributed by atoms with van der Waals surface area (Å²) in [6, 6.07) is 0. The summed E-state index contributed by atoms with van der Waals surface area (Å²) in [4.78, 5) is 54.1. The van der Waals surface area contributed by atoms with Gasteiger partial charge < -0.3 is 44.6 Å². The standard InChI is InChI=1S/C41H80O16P2/c1-3-5-7-9-11-13-15-17-19-21-23-25-27-29-34(42)53-31-33(55-35(43)30-28-26-24-22-20-18-16-14-12-10-8-6-4-2)32-54-59(51,52)57-41-38(46)36(44)37(45)40(39(41)47)56-58(48,49)50/h33,36-41,44-47H,3-32H2,1-2H3,(H,51,52)(H2,48,49,50)/t33-,36+,37+,38+,39+,40-,41+/m1/s1. The van der Waals surface area contributed by atoms with Crippen LogP contribution in [0.5, 0.6) is 0 Å². The largest absolute Gasteiger partial charge is 0.472 e. The maximum atomic E-state index is 12.9. The molecule has 1 rings (SSSR count). The normalized spacial score (nSPS) is 22.5. The fourth-order valence-corrected chi connectivity index (χ4v) is 8.68. The van der Waals surface area contributed by atoms with Crippen molar-refractivity contribution in [1.29, 1.82) is 0 Å². The van der Waals surface area contributed by atoms with Crippen LogP contribution in [0.2, 0.25) is 0 Å². The second-order valence-corrected chi connectivity index (χ2v) is 18.7. The van der Waals surface area contributed by atoms with Gasteiger partial charge in [0.1, 0.15) is 43.2 Å². The lowest BCUT2D eigenvalue weighted by Crippen LogP contribution is -2.64. The molecular formula is C41H80O16P2. The van der Waals surface area contributed by atoms with Crippen molar-refractivity contribution in [3.8, 4) is 0 Å².